The van der Waals surface area contributed by atoms with Crippen LogP contribution in [-0.4, -0.2) is 62.9 Å². The second-order valence-electron chi connectivity index (χ2n) is 4.78. The summed E-state index contributed by atoms with van der Waals surface area (Å²) >= 11 is 0. The maximum atomic E-state index is 11.6. The zero-order valence-corrected chi connectivity index (χ0v) is 9.98. The number of nitrogens with one attached hydrogen (secondary N) is 2. The van der Waals surface area contributed by atoms with E-state index in [0.29, 0.717) is 17.9 Å². The van der Waals surface area contributed by atoms with E-state index in [2.05, 4.69) is 15.3 Å². The van der Waals surface area contributed by atoms with Gasteiger partial charge in [0.15, 0.2) is 0 Å². The van der Waals surface area contributed by atoms with Crippen LogP contribution in [0.25, 0.3) is 0 Å². The third-order valence-electron chi connectivity index (χ3n) is 3.71. The monoisotopic (exact) mass is 269 g/mol. The Balaban J connectivity index is 1.90. The number of aromatic nitrogens is 2. The quantitative estimate of drug-likeness (QED) is 0.410. The van der Waals surface area contributed by atoms with Gasteiger partial charge in [-0.25, -0.2) is 4.98 Å². The van der Waals surface area contributed by atoms with Gasteiger partial charge in [0.05, 0.1) is 24.7 Å². The molecule has 0 aromatic carbocycles. The van der Waals surface area contributed by atoms with Gasteiger partial charge in [-0.1, -0.05) is 0 Å². The van der Waals surface area contributed by atoms with Gasteiger partial charge in [0.25, 0.3) is 5.56 Å². The lowest BCUT2D eigenvalue weighted by atomic mass is 9.94. The third-order valence-corrected chi connectivity index (χ3v) is 3.71. The Kier molecular flexibility index (Phi) is 3.02. The van der Waals surface area contributed by atoms with Crippen LogP contribution in [0.5, 0.6) is 0 Å². The van der Waals surface area contributed by atoms with Crippen molar-refractivity contribution in [3.05, 3.63) is 22.4 Å². The Morgan fingerprint density at radius 3 is 2.89 bits per heavy atom. The smallest absolute Gasteiger partial charge is 0.274 e. The summed E-state index contributed by atoms with van der Waals surface area (Å²) in [7, 11) is 0. The normalized spacial score (nSPS) is 37.1. The molecule has 1 aromatic heterocycles. The first kappa shape index (κ1) is 12.5. The number of ether oxygens (including phenoxy) is 1. The first-order valence-corrected chi connectivity index (χ1v) is 6.07. The van der Waals surface area contributed by atoms with Crippen LogP contribution in [0.1, 0.15) is 11.6 Å². The molecule has 0 aliphatic carbocycles. The SMILES string of the molecule is O=c1[nH]cnc2c1NC[C@@H]2[C@@H]1O[C@H](CO)[C@@H](O)[C@H]1O. The molecule has 1 aromatic rings. The predicted molar refractivity (Wildman–Crippen MR) is 63.8 cm³/mol. The number of hydrogen-bond acceptors (Lipinski definition) is 7. The highest BCUT2D eigenvalue weighted by atomic mass is 16.6. The van der Waals surface area contributed by atoms with E-state index in [1.54, 1.807) is 0 Å². The van der Waals surface area contributed by atoms with E-state index < -0.39 is 24.4 Å². The van der Waals surface area contributed by atoms with Gasteiger partial charge < -0.3 is 30.4 Å². The number of rotatable bonds is 2. The summed E-state index contributed by atoms with van der Waals surface area (Å²) in [4.78, 5) is 18.2. The summed E-state index contributed by atoms with van der Waals surface area (Å²) < 4.78 is 5.47. The van der Waals surface area contributed by atoms with Crippen molar-refractivity contribution in [1.82, 2.24) is 9.97 Å². The lowest BCUT2D eigenvalue weighted by Crippen LogP contribution is -2.36. The van der Waals surface area contributed by atoms with Crippen molar-refractivity contribution in [2.24, 2.45) is 0 Å². The zero-order chi connectivity index (χ0) is 13.6. The molecule has 5 N–H and O–H groups in total. The highest BCUT2D eigenvalue weighted by Gasteiger charge is 2.48. The molecule has 19 heavy (non-hydrogen) atoms. The highest BCUT2D eigenvalue weighted by molar-refractivity contribution is 5.53. The van der Waals surface area contributed by atoms with Crippen LogP contribution in [0, 0.1) is 0 Å². The average Bonchev–Trinajstić information content (AvgIpc) is 2.94. The molecule has 3 rings (SSSR count). The van der Waals surface area contributed by atoms with E-state index in [-0.39, 0.29) is 18.1 Å². The molecule has 1 fully saturated rings. The molecule has 0 saturated carbocycles. The number of nitrogens with zero attached hydrogens (tertiary/aromatic N) is 1. The molecule has 0 bridgehead atoms. The predicted octanol–water partition coefficient (Wildman–Crippen LogP) is -2.24. The maximum Gasteiger partial charge on any atom is 0.274 e. The number of aliphatic hydroxyl groups excluding tert-OH is 3. The number of hydrogen-bond donors (Lipinski definition) is 5. The van der Waals surface area contributed by atoms with Crippen molar-refractivity contribution in [2.45, 2.75) is 30.3 Å². The van der Waals surface area contributed by atoms with Crippen molar-refractivity contribution >= 4 is 5.69 Å². The fourth-order valence-corrected chi connectivity index (χ4v) is 2.71. The van der Waals surface area contributed by atoms with Gasteiger partial charge in [0, 0.05) is 12.5 Å². The summed E-state index contributed by atoms with van der Waals surface area (Å²) in [5, 5.41) is 31.7. The van der Waals surface area contributed by atoms with E-state index in [9.17, 15) is 15.0 Å². The molecule has 2 aliphatic heterocycles. The molecule has 0 spiro atoms. The highest BCUT2D eigenvalue weighted by Crippen LogP contribution is 2.36. The van der Waals surface area contributed by atoms with Crippen molar-refractivity contribution < 1.29 is 20.1 Å². The van der Waals surface area contributed by atoms with Gasteiger partial charge in [0.1, 0.15) is 24.0 Å². The van der Waals surface area contributed by atoms with Crippen molar-refractivity contribution in [2.75, 3.05) is 18.5 Å². The standard InChI is InChI=1S/C11H15N3O5/c15-2-5-8(16)9(17)10(19-5)4-1-12-7-6(4)13-3-14-11(7)18/h3-5,8-10,12,15-17H,1-2H2,(H,13,14,18)/t4-,5+,8+,9+,10-/m0/s1. The molecule has 0 amide bonds. The van der Waals surface area contributed by atoms with E-state index in [4.69, 9.17) is 9.84 Å². The minimum Gasteiger partial charge on any atom is -0.394 e. The summed E-state index contributed by atoms with van der Waals surface area (Å²) in [5.74, 6) is -0.335. The molecule has 3 heterocycles. The van der Waals surface area contributed by atoms with E-state index >= 15 is 0 Å². The molecule has 8 nitrogen and oxygen atoms in total. The third kappa shape index (κ3) is 1.84. The van der Waals surface area contributed by atoms with E-state index in [1.807, 2.05) is 0 Å². The van der Waals surface area contributed by atoms with Crippen LogP contribution in [0.4, 0.5) is 5.69 Å². The van der Waals surface area contributed by atoms with Crippen molar-refractivity contribution in [1.29, 1.82) is 0 Å². The zero-order valence-electron chi connectivity index (χ0n) is 9.98. The van der Waals surface area contributed by atoms with Gasteiger partial charge >= 0.3 is 0 Å². The minimum absolute atomic E-state index is 0.278. The van der Waals surface area contributed by atoms with Crippen LogP contribution in [-0.2, 0) is 4.74 Å². The lowest BCUT2D eigenvalue weighted by Gasteiger charge is -2.20. The fourth-order valence-electron chi connectivity index (χ4n) is 2.71. The number of fused-ring (bicyclic) bond motifs is 1. The molecule has 104 valence electrons. The summed E-state index contributed by atoms with van der Waals surface area (Å²) in [6.07, 6.45) is -2.47. The largest absolute Gasteiger partial charge is 0.394 e. The summed E-state index contributed by atoms with van der Waals surface area (Å²) in [6, 6.07) is 0. The second kappa shape index (κ2) is 4.57. The van der Waals surface area contributed by atoms with Crippen LogP contribution >= 0.6 is 0 Å². The molecule has 2 aliphatic rings. The van der Waals surface area contributed by atoms with Gasteiger partial charge in [-0.3, -0.25) is 4.79 Å². The van der Waals surface area contributed by atoms with Gasteiger partial charge in [-0.05, 0) is 0 Å². The fraction of sp³-hybridized carbons (Fsp3) is 0.636. The lowest BCUT2D eigenvalue weighted by molar-refractivity contribution is -0.0287. The van der Waals surface area contributed by atoms with Crippen LogP contribution in [0.3, 0.4) is 0 Å². The van der Waals surface area contributed by atoms with E-state index in [0.717, 1.165) is 0 Å². The molecule has 1 saturated heterocycles. The average molecular weight is 269 g/mol. The number of aliphatic hydroxyl groups is 3. The molecular weight excluding hydrogens is 254 g/mol. The molecule has 8 heteroatoms. The Hall–Kier alpha value is -1.48. The Bertz CT molecular complexity index is 533. The minimum atomic E-state index is -1.14. The molecule has 0 unspecified atom stereocenters. The van der Waals surface area contributed by atoms with Gasteiger partial charge in [-0.15, -0.1) is 0 Å². The summed E-state index contributed by atoms with van der Waals surface area (Å²) in [5.41, 5.74) is 0.600. The summed E-state index contributed by atoms with van der Waals surface area (Å²) in [6.45, 7) is 0.0204. The topological polar surface area (TPSA) is 128 Å². The van der Waals surface area contributed by atoms with Crippen LogP contribution in [0.15, 0.2) is 11.1 Å². The van der Waals surface area contributed by atoms with Crippen LogP contribution in [0.2, 0.25) is 0 Å². The number of H-pyrrole nitrogens is 1. The first-order chi connectivity index (χ1) is 9.13. The number of aromatic amines is 1. The van der Waals surface area contributed by atoms with Gasteiger partial charge in [0.2, 0.25) is 0 Å². The van der Waals surface area contributed by atoms with E-state index in [1.165, 1.54) is 6.33 Å². The number of anilines is 1. The molecule has 5 atom stereocenters. The Labute approximate surface area is 108 Å². The first-order valence-electron chi connectivity index (χ1n) is 6.07. The second-order valence-corrected chi connectivity index (χ2v) is 4.78. The molecule has 0 radical (unpaired) electrons. The maximum absolute atomic E-state index is 11.6. The van der Waals surface area contributed by atoms with Crippen LogP contribution < -0.4 is 10.9 Å². The Morgan fingerprint density at radius 2 is 2.21 bits per heavy atom. The Morgan fingerprint density at radius 1 is 1.42 bits per heavy atom. The van der Waals surface area contributed by atoms with Crippen molar-refractivity contribution in [3.63, 3.8) is 0 Å². The molecular formula is C11H15N3O5. The van der Waals surface area contributed by atoms with Crippen molar-refractivity contribution in [3.8, 4) is 0 Å². The van der Waals surface area contributed by atoms with Gasteiger partial charge in [-0.2, -0.15) is 0 Å².